The molecule has 4 heteroatoms. The largest absolute Gasteiger partial charge is 0.351 e. The van der Waals surface area contributed by atoms with Gasteiger partial charge in [-0.05, 0) is 39.3 Å². The fourth-order valence-electron chi connectivity index (χ4n) is 2.61. The summed E-state index contributed by atoms with van der Waals surface area (Å²) in [5.74, 6) is 0.670. The second-order valence-electron chi connectivity index (χ2n) is 5.48. The van der Waals surface area contributed by atoms with Crippen molar-refractivity contribution in [3.05, 3.63) is 23.6 Å². The summed E-state index contributed by atoms with van der Waals surface area (Å²) in [4.78, 5) is 6.62. The minimum Gasteiger partial charge on any atom is -0.351 e. The van der Waals surface area contributed by atoms with E-state index in [0.717, 1.165) is 30.9 Å². The summed E-state index contributed by atoms with van der Waals surface area (Å²) >= 11 is 0. The van der Waals surface area contributed by atoms with E-state index in [1.807, 2.05) is 6.92 Å². The second kappa shape index (κ2) is 5.22. The molecule has 1 N–H and O–H groups in total. The minimum atomic E-state index is -0.261. The van der Waals surface area contributed by atoms with Crippen molar-refractivity contribution in [2.45, 2.75) is 45.7 Å². The highest BCUT2D eigenvalue weighted by atomic mass is 19.1. The van der Waals surface area contributed by atoms with Crippen molar-refractivity contribution in [1.82, 2.24) is 10.3 Å². The molecule has 3 nitrogen and oxygen atoms in total. The minimum absolute atomic E-state index is 0.117. The van der Waals surface area contributed by atoms with E-state index < -0.39 is 0 Å². The fourth-order valence-corrected chi connectivity index (χ4v) is 2.61. The predicted molar refractivity (Wildman–Crippen MR) is 72.2 cm³/mol. The molecule has 0 radical (unpaired) electrons. The van der Waals surface area contributed by atoms with Crippen molar-refractivity contribution < 1.29 is 4.39 Å². The van der Waals surface area contributed by atoms with Gasteiger partial charge in [0.1, 0.15) is 11.6 Å². The highest BCUT2D eigenvalue weighted by Crippen LogP contribution is 2.34. The summed E-state index contributed by atoms with van der Waals surface area (Å²) in [6.07, 6.45) is 3.65. The number of halogens is 1. The molecule has 0 atom stereocenters. The maximum Gasteiger partial charge on any atom is 0.141 e. The van der Waals surface area contributed by atoms with Gasteiger partial charge in [-0.3, -0.25) is 0 Å². The Balaban J connectivity index is 2.31. The number of rotatable bonds is 4. The third-order valence-electron chi connectivity index (χ3n) is 3.63. The van der Waals surface area contributed by atoms with Crippen molar-refractivity contribution in [1.29, 1.82) is 0 Å². The van der Waals surface area contributed by atoms with E-state index in [1.54, 1.807) is 6.07 Å². The number of anilines is 1. The molecule has 1 fully saturated rings. The van der Waals surface area contributed by atoms with Gasteiger partial charge in [-0.1, -0.05) is 6.92 Å². The molecule has 1 saturated heterocycles. The van der Waals surface area contributed by atoms with Gasteiger partial charge >= 0.3 is 0 Å². The van der Waals surface area contributed by atoms with E-state index in [-0.39, 0.29) is 11.4 Å². The number of hydrogen-bond acceptors (Lipinski definition) is 3. The average molecular weight is 251 g/mol. The van der Waals surface area contributed by atoms with Crippen LogP contribution in [0.2, 0.25) is 0 Å². The van der Waals surface area contributed by atoms with E-state index in [0.29, 0.717) is 6.54 Å². The zero-order valence-electron chi connectivity index (χ0n) is 11.5. The van der Waals surface area contributed by atoms with Crippen LogP contribution in [0.3, 0.4) is 0 Å². The standard InChI is InChI=1S/C14H22FN3/c1-4-16-9-11-8-12(15)10-17-13(11)18-7-5-6-14(18,2)3/h8,10,16H,4-7,9H2,1-3H3. The summed E-state index contributed by atoms with van der Waals surface area (Å²) in [5, 5.41) is 3.25. The molecule has 0 unspecified atom stereocenters. The summed E-state index contributed by atoms with van der Waals surface area (Å²) < 4.78 is 13.3. The molecule has 1 aromatic rings. The Bertz CT molecular complexity index is 418. The van der Waals surface area contributed by atoms with Crippen LogP contribution in [0.15, 0.2) is 12.3 Å². The van der Waals surface area contributed by atoms with Crippen molar-refractivity contribution >= 4 is 5.82 Å². The van der Waals surface area contributed by atoms with Crippen molar-refractivity contribution in [3.8, 4) is 0 Å². The molecule has 100 valence electrons. The molecule has 2 heterocycles. The van der Waals surface area contributed by atoms with Gasteiger partial charge in [0.25, 0.3) is 0 Å². The highest BCUT2D eigenvalue weighted by Gasteiger charge is 2.33. The van der Waals surface area contributed by atoms with Gasteiger partial charge in [-0.15, -0.1) is 0 Å². The predicted octanol–water partition coefficient (Wildman–Crippen LogP) is 2.71. The summed E-state index contributed by atoms with van der Waals surface area (Å²) in [6, 6.07) is 1.60. The average Bonchev–Trinajstić information content (AvgIpc) is 2.66. The third kappa shape index (κ3) is 2.64. The Hall–Kier alpha value is -1.16. The monoisotopic (exact) mass is 251 g/mol. The van der Waals surface area contributed by atoms with Crippen LogP contribution < -0.4 is 10.2 Å². The smallest absolute Gasteiger partial charge is 0.141 e. The Morgan fingerprint density at radius 2 is 2.28 bits per heavy atom. The maximum absolute atomic E-state index is 13.3. The van der Waals surface area contributed by atoms with Gasteiger partial charge in [0, 0.05) is 24.2 Å². The van der Waals surface area contributed by atoms with Crippen molar-refractivity contribution in [3.63, 3.8) is 0 Å². The number of nitrogens with zero attached hydrogens (tertiary/aromatic N) is 2. The topological polar surface area (TPSA) is 28.2 Å². The molecule has 0 bridgehead atoms. The first-order chi connectivity index (χ1) is 8.54. The fraction of sp³-hybridized carbons (Fsp3) is 0.643. The number of nitrogens with one attached hydrogen (secondary N) is 1. The van der Waals surface area contributed by atoms with Gasteiger partial charge in [0.2, 0.25) is 0 Å². The SMILES string of the molecule is CCNCc1cc(F)cnc1N1CCCC1(C)C. The van der Waals surface area contributed by atoms with Gasteiger partial charge in [0.05, 0.1) is 6.20 Å². The van der Waals surface area contributed by atoms with Crippen LogP contribution in [0.4, 0.5) is 10.2 Å². The maximum atomic E-state index is 13.3. The summed E-state index contributed by atoms with van der Waals surface area (Å²) in [7, 11) is 0. The number of aromatic nitrogens is 1. The zero-order valence-corrected chi connectivity index (χ0v) is 11.5. The Kier molecular flexibility index (Phi) is 3.85. The molecule has 2 rings (SSSR count). The van der Waals surface area contributed by atoms with Crippen LogP contribution in [0.5, 0.6) is 0 Å². The molecule has 0 aliphatic carbocycles. The first-order valence-electron chi connectivity index (χ1n) is 6.67. The van der Waals surface area contributed by atoms with E-state index in [2.05, 4.69) is 29.0 Å². The van der Waals surface area contributed by atoms with Gasteiger partial charge in [0.15, 0.2) is 0 Å². The molecular weight excluding hydrogens is 229 g/mol. The van der Waals surface area contributed by atoms with Crippen LogP contribution in [-0.4, -0.2) is 23.6 Å². The summed E-state index contributed by atoms with van der Waals surface area (Å²) in [6.45, 7) is 9.05. The number of pyridine rings is 1. The lowest BCUT2D eigenvalue weighted by molar-refractivity contribution is 0.510. The Morgan fingerprint density at radius 1 is 1.50 bits per heavy atom. The lowest BCUT2D eigenvalue weighted by Gasteiger charge is -2.34. The normalized spacial score (nSPS) is 18.3. The Labute approximate surface area is 108 Å². The van der Waals surface area contributed by atoms with Crippen LogP contribution in [0.1, 0.15) is 39.2 Å². The molecule has 1 aliphatic rings. The third-order valence-corrected chi connectivity index (χ3v) is 3.63. The van der Waals surface area contributed by atoms with Crippen molar-refractivity contribution in [2.75, 3.05) is 18.0 Å². The van der Waals surface area contributed by atoms with Crippen LogP contribution >= 0.6 is 0 Å². The first-order valence-corrected chi connectivity index (χ1v) is 6.67. The van der Waals surface area contributed by atoms with E-state index in [1.165, 1.54) is 12.6 Å². The molecule has 0 saturated carbocycles. The number of hydrogen-bond donors (Lipinski definition) is 1. The van der Waals surface area contributed by atoms with E-state index in [4.69, 9.17) is 0 Å². The molecular formula is C14H22FN3. The second-order valence-corrected chi connectivity index (χ2v) is 5.48. The van der Waals surface area contributed by atoms with Crippen LogP contribution in [-0.2, 0) is 6.54 Å². The van der Waals surface area contributed by atoms with Gasteiger partial charge in [-0.25, -0.2) is 9.37 Å². The van der Waals surface area contributed by atoms with E-state index >= 15 is 0 Å². The molecule has 0 aromatic carbocycles. The lowest BCUT2D eigenvalue weighted by atomic mass is 10.0. The highest BCUT2D eigenvalue weighted by molar-refractivity contribution is 5.50. The molecule has 1 aliphatic heterocycles. The quantitative estimate of drug-likeness (QED) is 0.892. The molecule has 1 aromatic heterocycles. The molecule has 0 amide bonds. The van der Waals surface area contributed by atoms with Gasteiger partial charge in [-0.2, -0.15) is 0 Å². The zero-order chi connectivity index (χ0) is 13.2. The molecule has 18 heavy (non-hydrogen) atoms. The van der Waals surface area contributed by atoms with Gasteiger partial charge < -0.3 is 10.2 Å². The van der Waals surface area contributed by atoms with Crippen molar-refractivity contribution in [2.24, 2.45) is 0 Å². The summed E-state index contributed by atoms with van der Waals surface area (Å²) in [5.41, 5.74) is 1.07. The van der Waals surface area contributed by atoms with Crippen LogP contribution in [0, 0.1) is 5.82 Å². The first kappa shape index (κ1) is 13.3. The van der Waals surface area contributed by atoms with Crippen LogP contribution in [0.25, 0.3) is 0 Å². The lowest BCUT2D eigenvalue weighted by Crippen LogP contribution is -2.39. The Morgan fingerprint density at radius 3 is 2.89 bits per heavy atom. The molecule has 0 spiro atoms. The van der Waals surface area contributed by atoms with E-state index in [9.17, 15) is 4.39 Å².